The summed E-state index contributed by atoms with van der Waals surface area (Å²) in [6, 6.07) is 7.15. The van der Waals surface area contributed by atoms with Crippen molar-refractivity contribution >= 4 is 5.97 Å². The van der Waals surface area contributed by atoms with Gasteiger partial charge >= 0.3 is 5.97 Å². The third kappa shape index (κ3) is 6.79. The summed E-state index contributed by atoms with van der Waals surface area (Å²) in [5, 5.41) is 0. The highest BCUT2D eigenvalue weighted by Crippen LogP contribution is 2.20. The third-order valence-electron chi connectivity index (χ3n) is 4.27. The van der Waals surface area contributed by atoms with Crippen molar-refractivity contribution in [2.75, 3.05) is 0 Å². The molecule has 1 aromatic heterocycles. The van der Waals surface area contributed by atoms with Crippen LogP contribution in [0, 0.1) is 0 Å². The molecule has 0 atom stereocenters. The molecule has 26 heavy (non-hydrogen) atoms. The minimum absolute atomic E-state index is 0.469. The van der Waals surface area contributed by atoms with Crippen LogP contribution < -0.4 is 4.74 Å². The lowest BCUT2D eigenvalue weighted by molar-refractivity contribution is -0.128. The van der Waals surface area contributed by atoms with E-state index in [4.69, 9.17) is 4.74 Å². The topological polar surface area (TPSA) is 52.1 Å². The van der Waals surface area contributed by atoms with Gasteiger partial charge in [0.15, 0.2) is 5.82 Å². The predicted molar refractivity (Wildman–Crippen MR) is 105 cm³/mol. The van der Waals surface area contributed by atoms with Gasteiger partial charge in [-0.25, -0.2) is 14.8 Å². The first-order valence-electron chi connectivity index (χ1n) is 9.48. The maximum atomic E-state index is 11.2. The Morgan fingerprint density at radius 1 is 1.00 bits per heavy atom. The molecule has 0 bridgehead atoms. The van der Waals surface area contributed by atoms with Crippen molar-refractivity contribution in [1.82, 2.24) is 9.97 Å². The smallest absolute Gasteiger partial charge is 0.335 e. The molecule has 0 radical (unpaired) electrons. The highest BCUT2D eigenvalue weighted by Gasteiger charge is 2.04. The zero-order valence-corrected chi connectivity index (χ0v) is 15.6. The number of aromatic nitrogens is 2. The normalized spacial score (nSPS) is 10.5. The Morgan fingerprint density at radius 3 is 2.23 bits per heavy atom. The SMILES string of the molecule is C=CC(=O)Oc1ccc(-c2ncc(CCCCCCCCC)cn2)cc1. The fourth-order valence-electron chi connectivity index (χ4n) is 2.75. The largest absolute Gasteiger partial charge is 0.423 e. The summed E-state index contributed by atoms with van der Waals surface area (Å²) in [6.07, 6.45) is 15.1. The van der Waals surface area contributed by atoms with E-state index in [1.54, 1.807) is 12.1 Å². The quantitative estimate of drug-likeness (QED) is 0.231. The first-order valence-corrected chi connectivity index (χ1v) is 9.48. The van der Waals surface area contributed by atoms with Crippen LogP contribution in [0.3, 0.4) is 0 Å². The lowest BCUT2D eigenvalue weighted by atomic mass is 10.1. The Bertz CT molecular complexity index is 678. The molecule has 0 fully saturated rings. The Hall–Kier alpha value is -2.49. The number of carbonyl (C=O) groups excluding carboxylic acids is 1. The van der Waals surface area contributed by atoms with Gasteiger partial charge in [-0.3, -0.25) is 0 Å². The molecule has 4 heteroatoms. The Labute approximate surface area is 156 Å². The predicted octanol–water partition coefficient (Wildman–Crippen LogP) is 5.53. The lowest BCUT2D eigenvalue weighted by Crippen LogP contribution is -2.02. The first kappa shape index (κ1) is 19.8. The number of rotatable bonds is 11. The number of hydrogen-bond donors (Lipinski definition) is 0. The fourth-order valence-corrected chi connectivity index (χ4v) is 2.75. The summed E-state index contributed by atoms with van der Waals surface area (Å²) < 4.78 is 5.06. The number of benzene rings is 1. The molecule has 0 saturated heterocycles. The van der Waals surface area contributed by atoms with Crippen molar-refractivity contribution < 1.29 is 9.53 Å². The molecule has 2 rings (SSSR count). The van der Waals surface area contributed by atoms with Gasteiger partial charge in [-0.15, -0.1) is 0 Å². The molecule has 138 valence electrons. The van der Waals surface area contributed by atoms with Crippen molar-refractivity contribution in [3.05, 3.63) is 54.9 Å². The second-order valence-electron chi connectivity index (χ2n) is 6.44. The third-order valence-corrected chi connectivity index (χ3v) is 4.27. The molecule has 1 aromatic carbocycles. The summed E-state index contributed by atoms with van der Waals surface area (Å²) in [5.41, 5.74) is 2.07. The Kier molecular flexibility index (Phi) is 8.53. The van der Waals surface area contributed by atoms with Crippen molar-refractivity contribution in [3.63, 3.8) is 0 Å². The van der Waals surface area contributed by atoms with Gasteiger partial charge in [0.25, 0.3) is 0 Å². The number of aryl methyl sites for hydroxylation is 1. The van der Waals surface area contributed by atoms with Crippen molar-refractivity contribution in [3.8, 4) is 17.1 Å². The molecular formula is C22H28N2O2. The van der Waals surface area contributed by atoms with Crippen molar-refractivity contribution in [2.45, 2.75) is 58.3 Å². The summed E-state index contributed by atoms with van der Waals surface area (Å²) in [4.78, 5) is 20.1. The minimum Gasteiger partial charge on any atom is -0.423 e. The van der Waals surface area contributed by atoms with Crippen LogP contribution in [-0.4, -0.2) is 15.9 Å². The van der Waals surface area contributed by atoms with Gasteiger partial charge < -0.3 is 4.74 Å². The van der Waals surface area contributed by atoms with Crippen LogP contribution in [0.5, 0.6) is 5.75 Å². The average Bonchev–Trinajstić information content (AvgIpc) is 2.68. The number of unbranched alkanes of at least 4 members (excludes halogenated alkanes) is 6. The van der Waals surface area contributed by atoms with E-state index < -0.39 is 5.97 Å². The molecule has 0 amide bonds. The molecule has 0 aliphatic carbocycles. The average molecular weight is 352 g/mol. The zero-order chi connectivity index (χ0) is 18.6. The second kappa shape index (κ2) is 11.2. The lowest BCUT2D eigenvalue weighted by Gasteiger charge is -2.05. The molecule has 0 unspecified atom stereocenters. The molecule has 0 spiro atoms. The monoisotopic (exact) mass is 352 g/mol. The zero-order valence-electron chi connectivity index (χ0n) is 15.6. The van der Waals surface area contributed by atoms with Gasteiger partial charge in [0.2, 0.25) is 0 Å². The standard InChI is InChI=1S/C22H28N2O2/c1-3-5-6-7-8-9-10-11-18-16-23-22(24-17-18)19-12-14-20(15-13-19)26-21(25)4-2/h4,12-17H,2-3,5-11H2,1H3. The van der Waals surface area contributed by atoms with Crippen LogP contribution in [0.1, 0.15) is 57.4 Å². The van der Waals surface area contributed by atoms with E-state index in [0.717, 1.165) is 18.1 Å². The summed E-state index contributed by atoms with van der Waals surface area (Å²) >= 11 is 0. The molecule has 0 aliphatic rings. The molecule has 4 nitrogen and oxygen atoms in total. The van der Waals surface area contributed by atoms with Crippen LogP contribution in [0.2, 0.25) is 0 Å². The van der Waals surface area contributed by atoms with Gasteiger partial charge in [0.05, 0.1) is 0 Å². The fraction of sp³-hybridized carbons (Fsp3) is 0.409. The van der Waals surface area contributed by atoms with Crippen LogP contribution in [0.15, 0.2) is 49.3 Å². The van der Waals surface area contributed by atoms with Crippen LogP contribution in [0.4, 0.5) is 0 Å². The van der Waals surface area contributed by atoms with E-state index in [0.29, 0.717) is 11.6 Å². The number of esters is 1. The maximum Gasteiger partial charge on any atom is 0.335 e. The molecule has 2 aromatic rings. The highest BCUT2D eigenvalue weighted by atomic mass is 16.5. The van der Waals surface area contributed by atoms with Crippen molar-refractivity contribution in [1.29, 1.82) is 0 Å². The van der Waals surface area contributed by atoms with E-state index in [1.165, 1.54) is 50.5 Å². The van der Waals surface area contributed by atoms with E-state index in [1.807, 2.05) is 24.5 Å². The van der Waals surface area contributed by atoms with Gasteiger partial charge in [0, 0.05) is 24.0 Å². The van der Waals surface area contributed by atoms with E-state index in [9.17, 15) is 4.79 Å². The first-order chi connectivity index (χ1) is 12.7. The second-order valence-corrected chi connectivity index (χ2v) is 6.44. The molecule has 0 N–H and O–H groups in total. The van der Waals surface area contributed by atoms with Crippen LogP contribution in [-0.2, 0) is 11.2 Å². The Morgan fingerprint density at radius 2 is 1.62 bits per heavy atom. The number of ether oxygens (including phenoxy) is 1. The van der Waals surface area contributed by atoms with Gasteiger partial charge in [0.1, 0.15) is 5.75 Å². The maximum absolute atomic E-state index is 11.2. The van der Waals surface area contributed by atoms with E-state index in [-0.39, 0.29) is 0 Å². The summed E-state index contributed by atoms with van der Waals surface area (Å²) in [7, 11) is 0. The van der Waals surface area contributed by atoms with Gasteiger partial charge in [-0.1, -0.05) is 52.0 Å². The molecular weight excluding hydrogens is 324 g/mol. The summed E-state index contributed by atoms with van der Waals surface area (Å²) in [6.45, 7) is 5.62. The van der Waals surface area contributed by atoms with Crippen LogP contribution in [0.25, 0.3) is 11.4 Å². The highest BCUT2D eigenvalue weighted by molar-refractivity contribution is 5.83. The Balaban J connectivity index is 1.79. The van der Waals surface area contributed by atoms with Gasteiger partial charge in [-0.2, -0.15) is 0 Å². The van der Waals surface area contributed by atoms with Crippen molar-refractivity contribution in [2.24, 2.45) is 0 Å². The van der Waals surface area contributed by atoms with E-state index in [2.05, 4.69) is 23.5 Å². The number of nitrogens with zero attached hydrogens (tertiary/aromatic N) is 2. The number of carbonyl (C=O) groups is 1. The van der Waals surface area contributed by atoms with Gasteiger partial charge in [-0.05, 0) is 42.7 Å². The molecule has 0 aliphatic heterocycles. The van der Waals surface area contributed by atoms with E-state index >= 15 is 0 Å². The molecule has 1 heterocycles. The number of hydrogen-bond acceptors (Lipinski definition) is 4. The summed E-state index contributed by atoms with van der Waals surface area (Å²) in [5.74, 6) is 0.688. The minimum atomic E-state index is -0.469. The van der Waals surface area contributed by atoms with Crippen LogP contribution >= 0.6 is 0 Å². The molecule has 0 saturated carbocycles.